The molecule has 0 aliphatic carbocycles. The summed E-state index contributed by atoms with van der Waals surface area (Å²) in [5.74, 6) is -3.54. The number of rotatable bonds is 5. The van der Waals surface area contributed by atoms with Gasteiger partial charge in [-0.1, -0.05) is 12.1 Å². The third-order valence-corrected chi connectivity index (χ3v) is 3.57. The van der Waals surface area contributed by atoms with Crippen molar-refractivity contribution in [1.82, 2.24) is 5.32 Å². The van der Waals surface area contributed by atoms with Gasteiger partial charge in [0.15, 0.2) is 6.61 Å². The second-order valence-corrected chi connectivity index (χ2v) is 5.61. The number of nitrogens with one attached hydrogen (secondary N) is 1. The Labute approximate surface area is 150 Å². The van der Waals surface area contributed by atoms with Gasteiger partial charge in [-0.05, 0) is 31.2 Å². The molecule has 0 radical (unpaired) electrons. The molecule has 2 rings (SSSR count). The molecule has 0 heterocycles. The number of carbonyl (C=O) groups excluding carboxylic acids is 2. The zero-order valence-corrected chi connectivity index (χ0v) is 13.9. The fourth-order valence-corrected chi connectivity index (χ4v) is 2.25. The number of hydrogen-bond acceptors (Lipinski definition) is 3. The molecule has 0 bridgehead atoms. The van der Waals surface area contributed by atoms with Gasteiger partial charge in [0.1, 0.15) is 11.6 Å². The molecule has 0 aromatic heterocycles. The van der Waals surface area contributed by atoms with E-state index >= 15 is 0 Å². The summed E-state index contributed by atoms with van der Waals surface area (Å²) in [7, 11) is 0. The topological polar surface area (TPSA) is 55.4 Å². The van der Waals surface area contributed by atoms with Crippen LogP contribution in [0, 0.1) is 11.6 Å². The highest BCUT2D eigenvalue weighted by Crippen LogP contribution is 2.29. The predicted octanol–water partition coefficient (Wildman–Crippen LogP) is 4.02. The molecule has 1 N–H and O–H groups in total. The van der Waals surface area contributed by atoms with E-state index in [0.717, 1.165) is 30.3 Å². The summed E-state index contributed by atoms with van der Waals surface area (Å²) < 4.78 is 69.1. The first kappa shape index (κ1) is 20.3. The Morgan fingerprint density at radius 2 is 1.81 bits per heavy atom. The number of ether oxygens (including phenoxy) is 1. The number of benzene rings is 2. The number of amides is 1. The van der Waals surface area contributed by atoms with Gasteiger partial charge < -0.3 is 10.1 Å². The molecule has 0 saturated heterocycles. The van der Waals surface area contributed by atoms with Crippen molar-refractivity contribution in [2.24, 2.45) is 0 Å². The lowest BCUT2D eigenvalue weighted by Crippen LogP contribution is -2.31. The first-order chi connectivity index (χ1) is 12.6. The highest BCUT2D eigenvalue weighted by molar-refractivity contribution is 5.91. The molecule has 2 aromatic rings. The Bertz CT molecular complexity index is 851. The van der Waals surface area contributed by atoms with Gasteiger partial charge in [-0.25, -0.2) is 13.6 Å². The summed E-state index contributed by atoms with van der Waals surface area (Å²) >= 11 is 0. The second kappa shape index (κ2) is 8.15. The van der Waals surface area contributed by atoms with Crippen molar-refractivity contribution in [3.63, 3.8) is 0 Å². The van der Waals surface area contributed by atoms with Crippen LogP contribution in [0.2, 0.25) is 0 Å². The average molecular weight is 387 g/mol. The van der Waals surface area contributed by atoms with Crippen LogP contribution in [0.4, 0.5) is 22.0 Å². The molecule has 0 fully saturated rings. The molecular weight excluding hydrogens is 373 g/mol. The summed E-state index contributed by atoms with van der Waals surface area (Å²) in [4.78, 5) is 23.6. The number of halogens is 5. The molecule has 0 aliphatic rings. The molecule has 0 unspecified atom stereocenters. The summed E-state index contributed by atoms with van der Waals surface area (Å²) in [6.07, 6.45) is -4.62. The fraction of sp³-hybridized carbons (Fsp3) is 0.222. The van der Waals surface area contributed by atoms with Gasteiger partial charge in [-0.2, -0.15) is 13.2 Å². The van der Waals surface area contributed by atoms with Crippen LogP contribution in [0.5, 0.6) is 0 Å². The number of hydrogen-bond donors (Lipinski definition) is 1. The summed E-state index contributed by atoms with van der Waals surface area (Å²) in [5.41, 5.74) is -1.37. The lowest BCUT2D eigenvalue weighted by Gasteiger charge is -2.15. The van der Waals surface area contributed by atoms with E-state index in [1.54, 1.807) is 0 Å². The second-order valence-electron chi connectivity index (χ2n) is 5.61. The Hall–Kier alpha value is -2.97. The van der Waals surface area contributed by atoms with Crippen LogP contribution in [0.1, 0.15) is 34.5 Å². The standard InChI is InChI=1S/C18H14F5NO3/c1-10(14-6-5-13(19)8-15(14)20)24-16(25)9-27-17(26)11-3-2-4-12(7-11)18(21,22)23/h2-8,10H,9H2,1H3,(H,24,25)/t10-/m1/s1. The van der Waals surface area contributed by atoms with Gasteiger partial charge in [0.05, 0.1) is 17.2 Å². The van der Waals surface area contributed by atoms with Crippen LogP contribution in [0.25, 0.3) is 0 Å². The summed E-state index contributed by atoms with van der Waals surface area (Å²) in [6, 6.07) is 5.56. The lowest BCUT2D eigenvalue weighted by molar-refractivity contribution is -0.137. The Morgan fingerprint density at radius 1 is 1.11 bits per heavy atom. The van der Waals surface area contributed by atoms with E-state index in [2.05, 4.69) is 10.1 Å². The van der Waals surface area contributed by atoms with Crippen LogP contribution in [-0.2, 0) is 15.7 Å². The lowest BCUT2D eigenvalue weighted by atomic mass is 10.1. The van der Waals surface area contributed by atoms with Gasteiger partial charge in [0, 0.05) is 11.6 Å². The molecule has 1 amide bonds. The molecule has 27 heavy (non-hydrogen) atoms. The van der Waals surface area contributed by atoms with Gasteiger partial charge in [0.2, 0.25) is 0 Å². The van der Waals surface area contributed by atoms with Gasteiger partial charge >= 0.3 is 12.1 Å². The minimum Gasteiger partial charge on any atom is -0.452 e. The highest BCUT2D eigenvalue weighted by atomic mass is 19.4. The van der Waals surface area contributed by atoms with Gasteiger partial charge in [-0.3, -0.25) is 4.79 Å². The number of carbonyl (C=O) groups is 2. The van der Waals surface area contributed by atoms with E-state index in [4.69, 9.17) is 0 Å². The van der Waals surface area contributed by atoms with Crippen molar-refractivity contribution < 1.29 is 36.3 Å². The maximum atomic E-state index is 13.7. The molecule has 4 nitrogen and oxygen atoms in total. The predicted molar refractivity (Wildman–Crippen MR) is 84.6 cm³/mol. The minimum absolute atomic E-state index is 0.0222. The number of alkyl halides is 3. The third kappa shape index (κ3) is 5.50. The first-order valence-corrected chi connectivity index (χ1v) is 7.66. The van der Waals surface area contributed by atoms with E-state index < -0.39 is 47.9 Å². The summed E-state index contributed by atoms with van der Waals surface area (Å²) in [6.45, 7) is 0.658. The third-order valence-electron chi connectivity index (χ3n) is 3.57. The van der Waals surface area contributed by atoms with Crippen molar-refractivity contribution in [3.8, 4) is 0 Å². The van der Waals surface area contributed by atoms with Crippen molar-refractivity contribution in [1.29, 1.82) is 0 Å². The fourth-order valence-electron chi connectivity index (χ4n) is 2.25. The molecule has 9 heteroatoms. The van der Waals surface area contributed by atoms with Gasteiger partial charge in [0.25, 0.3) is 5.91 Å². The quantitative estimate of drug-likeness (QED) is 0.623. The molecular formula is C18H14F5NO3. The largest absolute Gasteiger partial charge is 0.452 e. The molecule has 144 valence electrons. The normalized spacial score (nSPS) is 12.4. The first-order valence-electron chi connectivity index (χ1n) is 7.66. The van der Waals surface area contributed by atoms with E-state index in [1.165, 1.54) is 6.92 Å². The Balaban J connectivity index is 1.94. The van der Waals surface area contributed by atoms with E-state index in [9.17, 15) is 31.5 Å². The van der Waals surface area contributed by atoms with Crippen LogP contribution in [0.3, 0.4) is 0 Å². The van der Waals surface area contributed by atoms with Crippen LogP contribution in [0.15, 0.2) is 42.5 Å². The van der Waals surface area contributed by atoms with Crippen molar-refractivity contribution >= 4 is 11.9 Å². The van der Waals surface area contributed by atoms with Gasteiger partial charge in [-0.15, -0.1) is 0 Å². The Morgan fingerprint density at radius 3 is 2.44 bits per heavy atom. The van der Waals surface area contributed by atoms with E-state index in [1.807, 2.05) is 0 Å². The van der Waals surface area contributed by atoms with Crippen molar-refractivity contribution in [3.05, 3.63) is 70.8 Å². The van der Waals surface area contributed by atoms with E-state index in [0.29, 0.717) is 12.1 Å². The van der Waals surface area contributed by atoms with E-state index in [-0.39, 0.29) is 11.1 Å². The molecule has 0 aliphatic heterocycles. The van der Waals surface area contributed by atoms with Crippen LogP contribution < -0.4 is 5.32 Å². The zero-order valence-electron chi connectivity index (χ0n) is 13.9. The monoisotopic (exact) mass is 387 g/mol. The maximum absolute atomic E-state index is 13.7. The minimum atomic E-state index is -4.62. The van der Waals surface area contributed by atoms with Crippen LogP contribution >= 0.6 is 0 Å². The van der Waals surface area contributed by atoms with Crippen molar-refractivity contribution in [2.75, 3.05) is 6.61 Å². The molecule has 1 atom stereocenters. The maximum Gasteiger partial charge on any atom is 0.416 e. The smallest absolute Gasteiger partial charge is 0.416 e. The van der Waals surface area contributed by atoms with Crippen molar-refractivity contribution in [2.45, 2.75) is 19.1 Å². The van der Waals surface area contributed by atoms with Crippen LogP contribution in [-0.4, -0.2) is 18.5 Å². The summed E-state index contributed by atoms with van der Waals surface area (Å²) in [5, 5.41) is 2.34. The molecule has 2 aromatic carbocycles. The Kier molecular flexibility index (Phi) is 6.14. The average Bonchev–Trinajstić information content (AvgIpc) is 2.58. The zero-order chi connectivity index (χ0) is 20.2. The highest BCUT2D eigenvalue weighted by Gasteiger charge is 2.31. The number of esters is 1. The SMILES string of the molecule is C[C@@H](NC(=O)COC(=O)c1cccc(C(F)(F)F)c1)c1ccc(F)cc1F. The molecule has 0 spiro atoms. The molecule has 0 saturated carbocycles.